The first-order valence-electron chi connectivity index (χ1n) is 14.9. The highest BCUT2D eigenvalue weighted by Gasteiger charge is 2.32. The maximum atomic E-state index is 14.0. The lowest BCUT2D eigenvalue weighted by Crippen LogP contribution is -2.45. The number of amides is 2. The summed E-state index contributed by atoms with van der Waals surface area (Å²) in [7, 11) is -2.09. The van der Waals surface area contributed by atoms with Gasteiger partial charge in [-0.25, -0.2) is 8.42 Å². The number of sulfonamides is 1. The second kappa shape index (κ2) is 15.5. The summed E-state index contributed by atoms with van der Waals surface area (Å²) in [6.45, 7) is 1.33. The number of carbonyl (C=O) groups is 2. The van der Waals surface area contributed by atoms with Gasteiger partial charge in [0.2, 0.25) is 15.9 Å². The lowest BCUT2D eigenvalue weighted by atomic mass is 10.0. The van der Waals surface area contributed by atoms with E-state index in [2.05, 4.69) is 5.32 Å². The minimum atomic E-state index is -3.67. The van der Waals surface area contributed by atoms with E-state index in [0.717, 1.165) is 11.1 Å². The Morgan fingerprint density at radius 1 is 0.826 bits per heavy atom. The Balaban J connectivity index is 1.37. The van der Waals surface area contributed by atoms with Crippen LogP contribution < -0.4 is 14.8 Å². The number of nitrogens with zero attached hydrogens (tertiary/aromatic N) is 2. The number of benzene rings is 4. The summed E-state index contributed by atoms with van der Waals surface area (Å²) >= 11 is 0. The predicted molar refractivity (Wildman–Crippen MR) is 173 cm³/mol. The number of hydrogen-bond donors (Lipinski definition) is 1. The third-order valence-electron chi connectivity index (χ3n) is 7.61. The molecule has 240 valence electrons. The summed E-state index contributed by atoms with van der Waals surface area (Å²) < 4.78 is 43.8. The maximum Gasteiger partial charge on any atom is 0.261 e. The molecule has 1 fully saturated rings. The summed E-state index contributed by atoms with van der Waals surface area (Å²) in [4.78, 5) is 29.4. The van der Waals surface area contributed by atoms with Crippen molar-refractivity contribution in [2.45, 2.75) is 24.0 Å². The van der Waals surface area contributed by atoms with E-state index in [-0.39, 0.29) is 24.0 Å². The highest BCUT2D eigenvalue weighted by Crippen LogP contribution is 2.26. The molecule has 1 N–H and O–H groups in total. The SMILES string of the molecule is COc1ccc(CN(C(=O)COc2ccc(S(=O)(=O)N3CCOCC3)cc2)[C@@H](C(=O)NCc2ccccc2)c2ccccc2)cc1. The topological polar surface area (TPSA) is 114 Å². The van der Waals surface area contributed by atoms with Crippen molar-refractivity contribution >= 4 is 21.8 Å². The minimum absolute atomic E-state index is 0.126. The standard InChI is InChI=1S/C35H37N3O7S/c1-43-30-14-12-28(13-15-30)25-38(34(29-10-6-3-7-11-29)35(40)36-24-27-8-4-2-5-9-27)33(39)26-45-31-16-18-32(19-17-31)46(41,42)37-20-22-44-23-21-37/h2-19,34H,20-26H2,1H3,(H,36,40)/t34-/m1/s1. The van der Waals surface area contributed by atoms with E-state index < -0.39 is 22.0 Å². The largest absolute Gasteiger partial charge is 0.497 e. The van der Waals surface area contributed by atoms with Crippen molar-refractivity contribution in [1.82, 2.24) is 14.5 Å². The number of methoxy groups -OCH3 is 1. The van der Waals surface area contributed by atoms with Crippen LogP contribution in [0.4, 0.5) is 0 Å². The van der Waals surface area contributed by atoms with Gasteiger partial charge in [0.15, 0.2) is 6.61 Å². The van der Waals surface area contributed by atoms with Crippen LogP contribution in [0.5, 0.6) is 11.5 Å². The van der Waals surface area contributed by atoms with E-state index in [9.17, 15) is 18.0 Å². The first kappa shape index (κ1) is 32.7. The van der Waals surface area contributed by atoms with Crippen molar-refractivity contribution in [1.29, 1.82) is 0 Å². The highest BCUT2D eigenvalue weighted by molar-refractivity contribution is 7.89. The molecule has 1 saturated heterocycles. The summed E-state index contributed by atoms with van der Waals surface area (Å²) in [5.74, 6) is 0.229. The van der Waals surface area contributed by atoms with Crippen molar-refractivity contribution in [2.75, 3.05) is 40.0 Å². The van der Waals surface area contributed by atoms with Crippen LogP contribution in [0.2, 0.25) is 0 Å². The van der Waals surface area contributed by atoms with Gasteiger partial charge in [-0.2, -0.15) is 4.31 Å². The summed E-state index contributed by atoms with van der Waals surface area (Å²) in [5, 5.41) is 3.00. The van der Waals surface area contributed by atoms with Gasteiger partial charge in [0.25, 0.3) is 5.91 Å². The van der Waals surface area contributed by atoms with E-state index in [0.29, 0.717) is 49.9 Å². The van der Waals surface area contributed by atoms with Crippen LogP contribution in [0, 0.1) is 0 Å². The molecule has 46 heavy (non-hydrogen) atoms. The van der Waals surface area contributed by atoms with Crippen LogP contribution in [0.25, 0.3) is 0 Å². The molecule has 0 unspecified atom stereocenters. The fourth-order valence-electron chi connectivity index (χ4n) is 5.11. The molecule has 0 saturated carbocycles. The molecule has 0 radical (unpaired) electrons. The van der Waals surface area contributed by atoms with Gasteiger partial charge in [0.1, 0.15) is 17.5 Å². The molecular formula is C35H37N3O7S. The van der Waals surface area contributed by atoms with Gasteiger partial charge >= 0.3 is 0 Å². The fourth-order valence-corrected chi connectivity index (χ4v) is 6.52. The Morgan fingerprint density at radius 2 is 1.43 bits per heavy atom. The van der Waals surface area contributed by atoms with Gasteiger partial charge in [0.05, 0.1) is 25.2 Å². The normalized spacial score (nSPS) is 14.2. The van der Waals surface area contributed by atoms with Crippen molar-refractivity contribution < 1.29 is 32.2 Å². The van der Waals surface area contributed by atoms with Crippen molar-refractivity contribution in [2.24, 2.45) is 0 Å². The number of nitrogens with one attached hydrogen (secondary N) is 1. The number of rotatable bonds is 13. The van der Waals surface area contributed by atoms with Crippen LogP contribution in [-0.4, -0.2) is 69.5 Å². The molecule has 5 rings (SSSR count). The average Bonchev–Trinajstić information content (AvgIpc) is 3.11. The molecule has 11 heteroatoms. The van der Waals surface area contributed by atoms with Gasteiger partial charge in [-0.1, -0.05) is 72.8 Å². The first-order valence-corrected chi connectivity index (χ1v) is 16.4. The monoisotopic (exact) mass is 643 g/mol. The molecular weight excluding hydrogens is 606 g/mol. The van der Waals surface area contributed by atoms with Crippen molar-refractivity contribution in [3.63, 3.8) is 0 Å². The van der Waals surface area contributed by atoms with E-state index in [1.54, 1.807) is 19.2 Å². The lowest BCUT2D eigenvalue weighted by Gasteiger charge is -2.31. The van der Waals surface area contributed by atoms with E-state index >= 15 is 0 Å². The van der Waals surface area contributed by atoms with Crippen LogP contribution in [0.15, 0.2) is 114 Å². The molecule has 4 aromatic rings. The number of morpholine rings is 1. The van der Waals surface area contributed by atoms with E-state index in [1.165, 1.54) is 33.5 Å². The van der Waals surface area contributed by atoms with Crippen molar-refractivity contribution in [3.05, 3.63) is 126 Å². The molecule has 10 nitrogen and oxygen atoms in total. The Hall–Kier alpha value is -4.71. The molecule has 1 aliphatic heterocycles. The molecule has 1 aliphatic rings. The smallest absolute Gasteiger partial charge is 0.261 e. The highest BCUT2D eigenvalue weighted by atomic mass is 32.2. The molecule has 4 aromatic carbocycles. The third kappa shape index (κ3) is 8.30. The molecule has 1 heterocycles. The first-order chi connectivity index (χ1) is 22.3. The van der Waals surface area contributed by atoms with Gasteiger partial charge in [0, 0.05) is 26.2 Å². The van der Waals surface area contributed by atoms with E-state index in [1.807, 2.05) is 72.8 Å². The molecule has 0 bridgehead atoms. The third-order valence-corrected chi connectivity index (χ3v) is 9.52. The molecule has 0 aliphatic carbocycles. The maximum absolute atomic E-state index is 14.0. The fraction of sp³-hybridized carbons (Fsp3) is 0.257. The lowest BCUT2D eigenvalue weighted by molar-refractivity contribution is -0.143. The number of ether oxygens (including phenoxy) is 3. The van der Waals surface area contributed by atoms with Crippen molar-refractivity contribution in [3.8, 4) is 11.5 Å². The molecule has 1 atom stereocenters. The zero-order chi connectivity index (χ0) is 32.4. The Labute approximate surface area is 269 Å². The van der Waals surface area contributed by atoms with Crippen LogP contribution in [0.1, 0.15) is 22.7 Å². The van der Waals surface area contributed by atoms with Gasteiger partial charge in [-0.05, 0) is 53.1 Å². The Bertz CT molecular complexity index is 1680. The van der Waals surface area contributed by atoms with Gasteiger partial charge < -0.3 is 24.4 Å². The van der Waals surface area contributed by atoms with Crippen LogP contribution in [-0.2, 0) is 37.4 Å². The summed E-state index contributed by atoms with van der Waals surface area (Å²) in [6, 6.07) is 31.0. The van der Waals surface area contributed by atoms with Gasteiger partial charge in [-0.15, -0.1) is 0 Å². The van der Waals surface area contributed by atoms with Crippen LogP contribution in [0.3, 0.4) is 0 Å². The number of carbonyl (C=O) groups excluding carboxylic acids is 2. The second-order valence-corrected chi connectivity index (χ2v) is 12.6. The average molecular weight is 644 g/mol. The zero-order valence-corrected chi connectivity index (χ0v) is 26.4. The second-order valence-electron chi connectivity index (χ2n) is 10.7. The number of hydrogen-bond acceptors (Lipinski definition) is 7. The van der Waals surface area contributed by atoms with Gasteiger partial charge in [-0.3, -0.25) is 9.59 Å². The summed E-state index contributed by atoms with van der Waals surface area (Å²) in [5.41, 5.74) is 2.37. The van der Waals surface area contributed by atoms with E-state index in [4.69, 9.17) is 14.2 Å². The zero-order valence-electron chi connectivity index (χ0n) is 25.6. The minimum Gasteiger partial charge on any atom is -0.497 e. The molecule has 0 spiro atoms. The van der Waals surface area contributed by atoms with Crippen LogP contribution >= 0.6 is 0 Å². The quantitative estimate of drug-likeness (QED) is 0.233. The molecule has 2 amide bonds. The molecule has 0 aromatic heterocycles. The predicted octanol–water partition coefficient (Wildman–Crippen LogP) is 4.18. The Kier molecular flexibility index (Phi) is 11.0. The summed E-state index contributed by atoms with van der Waals surface area (Å²) in [6.07, 6.45) is 0. The Morgan fingerprint density at radius 3 is 2.07 bits per heavy atom.